The highest BCUT2D eigenvalue weighted by molar-refractivity contribution is 5.70. The van der Waals surface area contributed by atoms with Crippen molar-refractivity contribution in [3.63, 3.8) is 0 Å². The van der Waals surface area contributed by atoms with Crippen LogP contribution in [0.3, 0.4) is 0 Å². The maximum atomic E-state index is 8.94. The standard InChI is InChI=1S/C12H8N2O2/c13-6-9-3-4-14-12(9)8-1-2-10-11(5-8)16-7-15-10/h1-5,14H,7H2. The molecule has 1 aliphatic rings. The van der Waals surface area contributed by atoms with E-state index in [1.54, 1.807) is 12.3 Å². The molecule has 0 fully saturated rings. The van der Waals surface area contributed by atoms with Crippen molar-refractivity contribution in [1.29, 1.82) is 5.26 Å². The number of ether oxygens (including phenoxy) is 2. The molecule has 16 heavy (non-hydrogen) atoms. The van der Waals surface area contributed by atoms with Gasteiger partial charge in [0.05, 0.1) is 11.3 Å². The van der Waals surface area contributed by atoms with Crippen LogP contribution in [0.4, 0.5) is 0 Å². The highest BCUT2D eigenvalue weighted by Gasteiger charge is 2.15. The molecule has 0 spiro atoms. The van der Waals surface area contributed by atoms with Crippen LogP contribution in [-0.2, 0) is 0 Å². The van der Waals surface area contributed by atoms with Gasteiger partial charge in [-0.2, -0.15) is 5.26 Å². The molecular weight excluding hydrogens is 204 g/mol. The van der Waals surface area contributed by atoms with Gasteiger partial charge in [-0.1, -0.05) is 0 Å². The van der Waals surface area contributed by atoms with Crippen LogP contribution in [-0.4, -0.2) is 11.8 Å². The summed E-state index contributed by atoms with van der Waals surface area (Å²) in [6, 6.07) is 9.51. The van der Waals surface area contributed by atoms with E-state index in [1.165, 1.54) is 0 Å². The molecule has 1 aromatic carbocycles. The van der Waals surface area contributed by atoms with Crippen molar-refractivity contribution in [3.05, 3.63) is 36.0 Å². The van der Waals surface area contributed by atoms with Gasteiger partial charge in [-0.25, -0.2) is 0 Å². The van der Waals surface area contributed by atoms with Gasteiger partial charge in [0.25, 0.3) is 0 Å². The number of aromatic amines is 1. The Morgan fingerprint density at radius 2 is 2.06 bits per heavy atom. The minimum Gasteiger partial charge on any atom is -0.454 e. The number of aromatic nitrogens is 1. The summed E-state index contributed by atoms with van der Waals surface area (Å²) in [6.07, 6.45) is 1.75. The first-order valence-electron chi connectivity index (χ1n) is 4.86. The quantitative estimate of drug-likeness (QED) is 0.788. The van der Waals surface area contributed by atoms with Gasteiger partial charge < -0.3 is 14.5 Å². The predicted octanol–water partition coefficient (Wildman–Crippen LogP) is 2.28. The fourth-order valence-electron chi connectivity index (χ4n) is 1.75. The molecule has 2 aromatic rings. The number of benzene rings is 1. The van der Waals surface area contributed by atoms with Gasteiger partial charge in [-0.3, -0.25) is 0 Å². The zero-order chi connectivity index (χ0) is 11.0. The second-order valence-electron chi connectivity index (χ2n) is 3.45. The Labute approximate surface area is 92.0 Å². The summed E-state index contributed by atoms with van der Waals surface area (Å²) in [6.45, 7) is 0.259. The van der Waals surface area contributed by atoms with Crippen LogP contribution >= 0.6 is 0 Å². The zero-order valence-corrected chi connectivity index (χ0v) is 8.36. The third-order valence-electron chi connectivity index (χ3n) is 2.53. The topological polar surface area (TPSA) is 58.0 Å². The Hall–Kier alpha value is -2.41. The summed E-state index contributed by atoms with van der Waals surface area (Å²) in [4.78, 5) is 3.05. The molecule has 0 atom stereocenters. The molecule has 4 heteroatoms. The van der Waals surface area contributed by atoms with E-state index in [2.05, 4.69) is 11.1 Å². The number of nitrogens with zero attached hydrogens (tertiary/aromatic N) is 1. The van der Waals surface area contributed by atoms with Crippen LogP contribution in [0.2, 0.25) is 0 Å². The Morgan fingerprint density at radius 1 is 1.19 bits per heavy atom. The molecule has 2 heterocycles. The van der Waals surface area contributed by atoms with E-state index in [-0.39, 0.29) is 6.79 Å². The molecule has 0 aliphatic carbocycles. The summed E-state index contributed by atoms with van der Waals surface area (Å²) in [7, 11) is 0. The van der Waals surface area contributed by atoms with E-state index in [0.717, 1.165) is 22.8 Å². The first-order valence-corrected chi connectivity index (χ1v) is 4.86. The second-order valence-corrected chi connectivity index (χ2v) is 3.45. The number of hydrogen-bond acceptors (Lipinski definition) is 3. The van der Waals surface area contributed by atoms with E-state index >= 15 is 0 Å². The average Bonchev–Trinajstić information content (AvgIpc) is 2.96. The number of hydrogen-bond donors (Lipinski definition) is 1. The Balaban J connectivity index is 2.11. The van der Waals surface area contributed by atoms with Crippen molar-refractivity contribution in [1.82, 2.24) is 4.98 Å². The van der Waals surface area contributed by atoms with Gasteiger partial charge in [0.15, 0.2) is 11.5 Å². The Morgan fingerprint density at radius 3 is 2.94 bits per heavy atom. The number of nitriles is 1. The van der Waals surface area contributed by atoms with Crippen molar-refractivity contribution in [2.45, 2.75) is 0 Å². The van der Waals surface area contributed by atoms with Gasteiger partial charge in [0, 0.05) is 11.8 Å². The fraction of sp³-hybridized carbons (Fsp3) is 0.0833. The minimum atomic E-state index is 0.259. The van der Waals surface area contributed by atoms with Crippen LogP contribution in [0.1, 0.15) is 5.56 Å². The number of fused-ring (bicyclic) bond motifs is 1. The molecule has 0 unspecified atom stereocenters. The number of nitrogens with one attached hydrogen (secondary N) is 1. The molecule has 4 nitrogen and oxygen atoms in total. The Bertz CT molecular complexity index is 581. The lowest BCUT2D eigenvalue weighted by Gasteiger charge is -2.01. The third kappa shape index (κ3) is 1.22. The first-order chi connectivity index (χ1) is 7.88. The molecule has 1 N–H and O–H groups in total. The predicted molar refractivity (Wildman–Crippen MR) is 57.1 cm³/mol. The van der Waals surface area contributed by atoms with E-state index in [0.29, 0.717) is 5.56 Å². The third-order valence-corrected chi connectivity index (χ3v) is 2.53. The van der Waals surface area contributed by atoms with Crippen LogP contribution in [0, 0.1) is 11.3 Å². The van der Waals surface area contributed by atoms with Crippen LogP contribution < -0.4 is 9.47 Å². The Kier molecular flexibility index (Phi) is 1.84. The number of H-pyrrole nitrogens is 1. The summed E-state index contributed by atoms with van der Waals surface area (Å²) >= 11 is 0. The maximum absolute atomic E-state index is 8.94. The van der Waals surface area contributed by atoms with Crippen molar-refractivity contribution in [2.75, 3.05) is 6.79 Å². The van der Waals surface area contributed by atoms with Crippen LogP contribution in [0.25, 0.3) is 11.3 Å². The summed E-state index contributed by atoms with van der Waals surface area (Å²) < 4.78 is 10.5. The second kappa shape index (κ2) is 3.31. The smallest absolute Gasteiger partial charge is 0.231 e. The molecule has 1 aromatic heterocycles. The summed E-state index contributed by atoms with van der Waals surface area (Å²) in [5.41, 5.74) is 2.35. The molecule has 78 valence electrons. The van der Waals surface area contributed by atoms with Gasteiger partial charge in [-0.05, 0) is 24.3 Å². The van der Waals surface area contributed by atoms with Crippen molar-refractivity contribution >= 4 is 0 Å². The molecule has 0 saturated carbocycles. The van der Waals surface area contributed by atoms with Gasteiger partial charge >= 0.3 is 0 Å². The zero-order valence-electron chi connectivity index (χ0n) is 8.36. The molecule has 0 radical (unpaired) electrons. The molecular formula is C12H8N2O2. The molecule has 0 saturated heterocycles. The monoisotopic (exact) mass is 212 g/mol. The fourth-order valence-corrected chi connectivity index (χ4v) is 1.75. The minimum absolute atomic E-state index is 0.259. The van der Waals surface area contributed by atoms with E-state index in [9.17, 15) is 0 Å². The van der Waals surface area contributed by atoms with Crippen LogP contribution in [0.5, 0.6) is 11.5 Å². The maximum Gasteiger partial charge on any atom is 0.231 e. The lowest BCUT2D eigenvalue weighted by Crippen LogP contribution is -1.92. The van der Waals surface area contributed by atoms with E-state index in [1.807, 2.05) is 18.2 Å². The molecule has 0 bridgehead atoms. The van der Waals surface area contributed by atoms with Gasteiger partial charge in [0.1, 0.15) is 6.07 Å². The van der Waals surface area contributed by atoms with Crippen molar-refractivity contribution in [2.24, 2.45) is 0 Å². The van der Waals surface area contributed by atoms with E-state index < -0.39 is 0 Å². The van der Waals surface area contributed by atoms with Gasteiger partial charge in [-0.15, -0.1) is 0 Å². The molecule has 0 amide bonds. The number of rotatable bonds is 1. The van der Waals surface area contributed by atoms with Gasteiger partial charge in [0.2, 0.25) is 6.79 Å². The van der Waals surface area contributed by atoms with Crippen molar-refractivity contribution in [3.8, 4) is 28.8 Å². The highest BCUT2D eigenvalue weighted by atomic mass is 16.7. The first kappa shape index (κ1) is 8.86. The SMILES string of the molecule is N#Cc1cc[nH]c1-c1ccc2c(c1)OCO2. The average molecular weight is 212 g/mol. The molecule has 3 rings (SSSR count). The lowest BCUT2D eigenvalue weighted by atomic mass is 10.1. The lowest BCUT2D eigenvalue weighted by molar-refractivity contribution is 0.174. The van der Waals surface area contributed by atoms with E-state index in [4.69, 9.17) is 14.7 Å². The van der Waals surface area contributed by atoms with Crippen LogP contribution in [0.15, 0.2) is 30.5 Å². The largest absolute Gasteiger partial charge is 0.454 e. The summed E-state index contributed by atoms with van der Waals surface area (Å²) in [5.74, 6) is 1.46. The summed E-state index contributed by atoms with van der Waals surface area (Å²) in [5, 5.41) is 8.94. The molecule has 1 aliphatic heterocycles. The van der Waals surface area contributed by atoms with Crippen molar-refractivity contribution < 1.29 is 9.47 Å². The highest BCUT2D eigenvalue weighted by Crippen LogP contribution is 2.36. The normalized spacial score (nSPS) is 12.4.